The van der Waals surface area contributed by atoms with Gasteiger partial charge in [-0.25, -0.2) is 0 Å². The first kappa shape index (κ1) is 25.8. The van der Waals surface area contributed by atoms with Gasteiger partial charge in [-0.1, -0.05) is 74.5 Å². The van der Waals surface area contributed by atoms with Crippen molar-refractivity contribution in [1.29, 1.82) is 0 Å². The Balaban J connectivity index is 2.40. The minimum atomic E-state index is -3.59. The molecule has 0 saturated heterocycles. The summed E-state index contributed by atoms with van der Waals surface area (Å²) in [6.07, 6.45) is 0.0926. The summed E-state index contributed by atoms with van der Waals surface area (Å²) in [6, 6.07) is 17.2. The van der Waals surface area contributed by atoms with Crippen LogP contribution in [0, 0.1) is 0 Å². The Morgan fingerprint density at radius 3 is 1.58 bits per heavy atom. The summed E-state index contributed by atoms with van der Waals surface area (Å²) in [5.74, 6) is -1.96. The SMILES string of the molecule is CCC(=O)NNC(=O)CC[C@@H](C(=O)NNC(=O)CC)P(=O)(c1ccccc1)c1ccccc1. The predicted molar refractivity (Wildman–Crippen MR) is 126 cm³/mol. The lowest BCUT2D eigenvalue weighted by Gasteiger charge is -2.28. The number of hydrogen-bond donors (Lipinski definition) is 4. The molecule has 33 heavy (non-hydrogen) atoms. The maximum absolute atomic E-state index is 14.6. The second kappa shape index (κ2) is 12.6. The van der Waals surface area contributed by atoms with E-state index < -0.39 is 30.5 Å². The quantitative estimate of drug-likeness (QED) is 0.322. The molecule has 0 saturated carbocycles. The molecule has 176 valence electrons. The molecular formula is C23H29N4O5P. The Kier molecular flexibility index (Phi) is 9.82. The minimum absolute atomic E-state index is 0.0806. The third kappa shape index (κ3) is 7.02. The number of carbonyl (C=O) groups is 4. The Morgan fingerprint density at radius 1 is 0.697 bits per heavy atom. The molecule has 0 heterocycles. The molecule has 0 bridgehead atoms. The highest BCUT2D eigenvalue weighted by atomic mass is 31.2. The molecule has 0 unspecified atom stereocenters. The van der Waals surface area contributed by atoms with E-state index in [2.05, 4.69) is 21.7 Å². The lowest BCUT2D eigenvalue weighted by Crippen LogP contribution is -2.48. The number of hydrazine groups is 2. The zero-order chi connectivity index (χ0) is 24.3. The van der Waals surface area contributed by atoms with E-state index in [1.807, 2.05) is 0 Å². The van der Waals surface area contributed by atoms with Crippen molar-refractivity contribution in [2.75, 3.05) is 0 Å². The van der Waals surface area contributed by atoms with Gasteiger partial charge in [0.25, 0.3) is 0 Å². The van der Waals surface area contributed by atoms with Crippen LogP contribution in [0.15, 0.2) is 60.7 Å². The largest absolute Gasteiger partial charge is 0.313 e. The van der Waals surface area contributed by atoms with E-state index in [9.17, 15) is 23.7 Å². The van der Waals surface area contributed by atoms with E-state index >= 15 is 0 Å². The van der Waals surface area contributed by atoms with Crippen molar-refractivity contribution >= 4 is 41.4 Å². The molecule has 0 aliphatic heterocycles. The van der Waals surface area contributed by atoms with Gasteiger partial charge in [-0.3, -0.25) is 40.9 Å². The van der Waals surface area contributed by atoms with Crippen molar-refractivity contribution in [3.05, 3.63) is 60.7 Å². The molecule has 0 radical (unpaired) electrons. The zero-order valence-corrected chi connectivity index (χ0v) is 19.6. The van der Waals surface area contributed by atoms with Gasteiger partial charge in [0, 0.05) is 29.9 Å². The van der Waals surface area contributed by atoms with Gasteiger partial charge < -0.3 is 4.57 Å². The number of nitrogens with one attached hydrogen (secondary N) is 4. The van der Waals surface area contributed by atoms with Crippen molar-refractivity contribution < 1.29 is 23.7 Å². The van der Waals surface area contributed by atoms with Crippen LogP contribution in [0.25, 0.3) is 0 Å². The predicted octanol–water partition coefficient (Wildman–Crippen LogP) is 1.26. The van der Waals surface area contributed by atoms with Crippen LogP contribution in [0.3, 0.4) is 0 Å². The normalized spacial score (nSPS) is 11.7. The fraction of sp³-hybridized carbons (Fsp3) is 0.304. The Hall–Kier alpha value is -3.45. The third-order valence-electron chi connectivity index (χ3n) is 4.97. The number of carbonyl (C=O) groups excluding carboxylic acids is 4. The first-order valence-corrected chi connectivity index (χ1v) is 12.5. The molecule has 10 heteroatoms. The topological polar surface area (TPSA) is 133 Å². The van der Waals surface area contributed by atoms with E-state index in [0.717, 1.165) is 0 Å². The molecule has 0 aromatic heterocycles. The highest BCUT2D eigenvalue weighted by Gasteiger charge is 2.41. The van der Waals surface area contributed by atoms with Crippen LogP contribution >= 0.6 is 7.14 Å². The van der Waals surface area contributed by atoms with E-state index in [-0.39, 0.29) is 31.6 Å². The van der Waals surface area contributed by atoms with E-state index in [1.165, 1.54) is 0 Å². The lowest BCUT2D eigenvalue weighted by atomic mass is 10.2. The minimum Gasteiger partial charge on any atom is -0.313 e. The average molecular weight is 472 g/mol. The molecule has 1 atom stereocenters. The zero-order valence-electron chi connectivity index (χ0n) is 18.7. The van der Waals surface area contributed by atoms with Crippen molar-refractivity contribution in [3.8, 4) is 0 Å². The smallest absolute Gasteiger partial charge is 0.249 e. The van der Waals surface area contributed by atoms with Crippen LogP contribution in [-0.2, 0) is 23.7 Å². The second-order valence-corrected chi connectivity index (χ2v) is 10.2. The van der Waals surface area contributed by atoms with Crippen molar-refractivity contribution in [3.63, 3.8) is 0 Å². The molecule has 0 spiro atoms. The fourth-order valence-corrected chi connectivity index (χ4v) is 6.28. The van der Waals surface area contributed by atoms with Crippen molar-refractivity contribution in [2.45, 2.75) is 45.2 Å². The third-order valence-corrected chi connectivity index (χ3v) is 8.48. The number of amides is 4. The van der Waals surface area contributed by atoms with Crippen LogP contribution < -0.4 is 32.3 Å². The summed E-state index contributed by atoms with van der Waals surface area (Å²) in [4.78, 5) is 48.5. The Bertz CT molecular complexity index is 971. The van der Waals surface area contributed by atoms with Crippen LogP contribution in [0.2, 0.25) is 0 Å². The summed E-state index contributed by atoms with van der Waals surface area (Å²) in [5.41, 5.74) is 8.07. The van der Waals surface area contributed by atoms with E-state index in [1.54, 1.807) is 74.5 Å². The summed E-state index contributed by atoms with van der Waals surface area (Å²) in [7, 11) is -3.59. The van der Waals surface area contributed by atoms with Gasteiger partial charge in [0.2, 0.25) is 23.6 Å². The number of hydrogen-bond acceptors (Lipinski definition) is 5. The van der Waals surface area contributed by atoms with Gasteiger partial charge in [0.05, 0.1) is 0 Å². The second-order valence-electron chi connectivity index (χ2n) is 7.22. The maximum Gasteiger partial charge on any atom is 0.249 e. The summed E-state index contributed by atoms with van der Waals surface area (Å²) >= 11 is 0. The fourth-order valence-electron chi connectivity index (χ4n) is 3.15. The van der Waals surface area contributed by atoms with Crippen LogP contribution in [-0.4, -0.2) is 29.3 Å². The van der Waals surface area contributed by atoms with Gasteiger partial charge in [-0.2, -0.15) is 0 Å². The molecule has 2 rings (SSSR count). The Labute approximate surface area is 193 Å². The van der Waals surface area contributed by atoms with Gasteiger partial charge in [0.15, 0.2) is 7.14 Å². The molecule has 2 aromatic carbocycles. The monoisotopic (exact) mass is 472 g/mol. The summed E-state index contributed by atoms with van der Waals surface area (Å²) in [5, 5.41) is 0.913. The molecule has 0 fully saturated rings. The summed E-state index contributed by atoms with van der Waals surface area (Å²) < 4.78 is 14.6. The van der Waals surface area contributed by atoms with Gasteiger partial charge in [-0.05, 0) is 6.42 Å². The summed E-state index contributed by atoms with van der Waals surface area (Å²) in [6.45, 7) is 3.27. The van der Waals surface area contributed by atoms with Gasteiger partial charge in [0.1, 0.15) is 5.66 Å². The van der Waals surface area contributed by atoms with Crippen molar-refractivity contribution in [1.82, 2.24) is 21.7 Å². The lowest BCUT2D eigenvalue weighted by molar-refractivity contribution is -0.129. The first-order chi connectivity index (χ1) is 15.8. The Morgan fingerprint density at radius 2 is 1.12 bits per heavy atom. The van der Waals surface area contributed by atoms with E-state index in [4.69, 9.17) is 0 Å². The van der Waals surface area contributed by atoms with Gasteiger partial charge in [-0.15, -0.1) is 0 Å². The molecular weight excluding hydrogens is 443 g/mol. The molecule has 2 aromatic rings. The van der Waals surface area contributed by atoms with Crippen LogP contribution in [0.5, 0.6) is 0 Å². The molecule has 0 aliphatic carbocycles. The number of rotatable bonds is 9. The molecule has 4 N–H and O–H groups in total. The standard InChI is InChI=1S/C23H29N4O5P/c1-3-20(28)24-26-22(30)16-15-19(23(31)27-25-21(29)4-2)33(32,17-11-7-5-8-12-17)18-13-9-6-10-14-18/h5-14,19H,3-4,15-16H2,1-2H3,(H,24,28)(H,25,29)(H,26,30)(H,27,31)/t19-/m0/s1. The van der Waals surface area contributed by atoms with Gasteiger partial charge >= 0.3 is 0 Å². The highest BCUT2D eigenvalue weighted by Crippen LogP contribution is 2.50. The average Bonchev–Trinajstić information content (AvgIpc) is 2.86. The first-order valence-electron chi connectivity index (χ1n) is 10.7. The van der Waals surface area contributed by atoms with Crippen molar-refractivity contribution in [2.24, 2.45) is 0 Å². The van der Waals surface area contributed by atoms with E-state index in [0.29, 0.717) is 10.6 Å². The van der Waals surface area contributed by atoms with Crippen LogP contribution in [0.4, 0.5) is 0 Å². The van der Waals surface area contributed by atoms with Crippen LogP contribution in [0.1, 0.15) is 39.5 Å². The molecule has 9 nitrogen and oxygen atoms in total. The molecule has 4 amide bonds. The maximum atomic E-state index is 14.6. The molecule has 0 aliphatic rings. The highest BCUT2D eigenvalue weighted by molar-refractivity contribution is 7.80. The number of benzene rings is 2.